The number of hydrogen-bond donors (Lipinski definition) is 3. The van der Waals surface area contributed by atoms with Gasteiger partial charge in [-0.2, -0.15) is 5.10 Å². The first-order valence-electron chi connectivity index (χ1n) is 9.88. The van der Waals surface area contributed by atoms with Gasteiger partial charge in [-0.1, -0.05) is 30.3 Å². The minimum atomic E-state index is -0.000286. The Morgan fingerprint density at radius 2 is 1.86 bits per heavy atom. The Balaban J connectivity index is 1.35. The normalized spacial score (nSPS) is 10.7. The van der Waals surface area contributed by atoms with E-state index in [1.54, 1.807) is 0 Å². The summed E-state index contributed by atoms with van der Waals surface area (Å²) in [4.78, 5) is 12.1. The van der Waals surface area contributed by atoms with Crippen LogP contribution in [0, 0.1) is 13.8 Å². The Morgan fingerprint density at radius 3 is 2.59 bits per heavy atom. The van der Waals surface area contributed by atoms with Crippen molar-refractivity contribution in [1.29, 1.82) is 0 Å². The van der Waals surface area contributed by atoms with Crippen molar-refractivity contribution in [1.82, 2.24) is 15.5 Å². The van der Waals surface area contributed by atoms with Gasteiger partial charge in [-0.05, 0) is 49.6 Å². The maximum absolute atomic E-state index is 12.1. The van der Waals surface area contributed by atoms with Gasteiger partial charge < -0.3 is 15.4 Å². The lowest BCUT2D eigenvalue weighted by molar-refractivity contribution is -0.116. The van der Waals surface area contributed by atoms with E-state index in [9.17, 15) is 4.79 Å². The molecular formula is C23H28N4O2. The van der Waals surface area contributed by atoms with Gasteiger partial charge in [0.05, 0.1) is 12.8 Å². The summed E-state index contributed by atoms with van der Waals surface area (Å²) in [6.45, 7) is 6.08. The van der Waals surface area contributed by atoms with Crippen molar-refractivity contribution >= 4 is 11.6 Å². The quantitative estimate of drug-likeness (QED) is 0.454. The molecule has 1 heterocycles. The molecule has 0 saturated carbocycles. The minimum Gasteiger partial charge on any atom is -0.493 e. The summed E-state index contributed by atoms with van der Waals surface area (Å²) in [5.74, 6) is 0.875. The molecule has 1 amide bonds. The summed E-state index contributed by atoms with van der Waals surface area (Å²) in [5.41, 5.74) is 5.33. The van der Waals surface area contributed by atoms with Gasteiger partial charge in [-0.25, -0.2) is 0 Å². The minimum absolute atomic E-state index is 0.000286. The molecule has 0 saturated heterocycles. The van der Waals surface area contributed by atoms with Crippen LogP contribution in [0.15, 0.2) is 54.7 Å². The summed E-state index contributed by atoms with van der Waals surface area (Å²) in [7, 11) is 0. The van der Waals surface area contributed by atoms with Crippen LogP contribution in [0.3, 0.4) is 0 Å². The van der Waals surface area contributed by atoms with Gasteiger partial charge in [0.15, 0.2) is 0 Å². The first kappa shape index (κ1) is 20.6. The number of nitrogens with zero attached hydrogens (tertiary/aromatic N) is 1. The van der Waals surface area contributed by atoms with E-state index >= 15 is 0 Å². The van der Waals surface area contributed by atoms with Gasteiger partial charge in [-0.3, -0.25) is 9.89 Å². The van der Waals surface area contributed by atoms with Crippen molar-refractivity contribution in [3.05, 3.63) is 77.1 Å². The third-order valence-corrected chi connectivity index (χ3v) is 4.72. The van der Waals surface area contributed by atoms with Crippen molar-refractivity contribution in [3.8, 4) is 5.75 Å². The number of rotatable bonds is 10. The predicted octanol–water partition coefficient (Wildman–Crippen LogP) is 4.11. The van der Waals surface area contributed by atoms with Crippen LogP contribution in [0.1, 0.15) is 35.2 Å². The highest BCUT2D eigenvalue weighted by atomic mass is 16.5. The molecule has 0 aliphatic heterocycles. The van der Waals surface area contributed by atoms with Crippen LogP contribution >= 0.6 is 0 Å². The maximum atomic E-state index is 12.1. The molecule has 0 aliphatic rings. The van der Waals surface area contributed by atoms with E-state index in [1.807, 2.05) is 68.6 Å². The second kappa shape index (κ2) is 10.4. The number of H-pyrrole nitrogens is 1. The lowest BCUT2D eigenvalue weighted by Gasteiger charge is -2.09. The van der Waals surface area contributed by atoms with E-state index in [4.69, 9.17) is 4.74 Å². The summed E-state index contributed by atoms with van der Waals surface area (Å²) in [6.07, 6.45) is 2.95. The molecule has 0 spiro atoms. The molecule has 152 valence electrons. The van der Waals surface area contributed by atoms with Crippen molar-refractivity contribution in [2.45, 2.75) is 39.8 Å². The lowest BCUT2D eigenvalue weighted by atomic mass is 10.2. The van der Waals surface area contributed by atoms with Crippen LogP contribution in [0.25, 0.3) is 0 Å². The smallest absolute Gasteiger partial charge is 0.224 e. The number of nitrogens with one attached hydrogen (secondary N) is 3. The summed E-state index contributed by atoms with van der Waals surface area (Å²) < 4.78 is 5.73. The molecule has 0 aliphatic carbocycles. The molecule has 0 unspecified atom stereocenters. The monoisotopic (exact) mass is 392 g/mol. The molecule has 0 bridgehead atoms. The largest absolute Gasteiger partial charge is 0.493 e. The van der Waals surface area contributed by atoms with Gasteiger partial charge in [0.25, 0.3) is 0 Å². The highest BCUT2D eigenvalue weighted by Gasteiger charge is 2.04. The molecule has 3 N–H and O–H groups in total. The van der Waals surface area contributed by atoms with Crippen molar-refractivity contribution in [2.75, 3.05) is 11.9 Å². The van der Waals surface area contributed by atoms with Gasteiger partial charge in [0.1, 0.15) is 5.75 Å². The van der Waals surface area contributed by atoms with E-state index in [1.165, 1.54) is 5.56 Å². The predicted molar refractivity (Wildman–Crippen MR) is 115 cm³/mol. The van der Waals surface area contributed by atoms with Crippen LogP contribution in [0.4, 0.5) is 5.69 Å². The molecular weight excluding hydrogens is 364 g/mol. The molecule has 1 aromatic heterocycles. The topological polar surface area (TPSA) is 79.0 Å². The summed E-state index contributed by atoms with van der Waals surface area (Å²) >= 11 is 0. The van der Waals surface area contributed by atoms with Gasteiger partial charge in [0, 0.05) is 36.5 Å². The van der Waals surface area contributed by atoms with Gasteiger partial charge >= 0.3 is 0 Å². The fourth-order valence-electron chi connectivity index (χ4n) is 2.96. The Kier molecular flexibility index (Phi) is 7.41. The second-order valence-corrected chi connectivity index (χ2v) is 7.09. The molecule has 2 aromatic carbocycles. The van der Waals surface area contributed by atoms with Crippen LogP contribution < -0.4 is 15.4 Å². The average molecular weight is 393 g/mol. The summed E-state index contributed by atoms with van der Waals surface area (Å²) in [6, 6.07) is 15.8. The standard InChI is InChI=1S/C23H28N4O2/c1-17-6-3-4-7-22(17)29-13-5-8-23(28)26-21-11-9-19(10-12-21)14-24-15-20-16-25-27-18(20)2/h3-4,6-7,9-12,16,24H,5,8,13-15H2,1-2H3,(H,25,27)(H,26,28). The number of aromatic nitrogens is 2. The molecule has 3 aromatic rings. The zero-order chi connectivity index (χ0) is 20.5. The highest BCUT2D eigenvalue weighted by Crippen LogP contribution is 2.16. The van der Waals surface area contributed by atoms with Crippen molar-refractivity contribution in [2.24, 2.45) is 0 Å². The van der Waals surface area contributed by atoms with Crippen LogP contribution in [-0.4, -0.2) is 22.7 Å². The Morgan fingerprint density at radius 1 is 1.07 bits per heavy atom. The number of aryl methyl sites for hydroxylation is 2. The zero-order valence-electron chi connectivity index (χ0n) is 17.0. The Labute approximate surface area is 171 Å². The van der Waals surface area contributed by atoms with E-state index < -0.39 is 0 Å². The number of carbonyl (C=O) groups excluding carboxylic acids is 1. The van der Waals surface area contributed by atoms with Crippen LogP contribution in [0.5, 0.6) is 5.75 Å². The maximum Gasteiger partial charge on any atom is 0.224 e. The Hall–Kier alpha value is -3.12. The average Bonchev–Trinajstić information content (AvgIpc) is 3.13. The molecule has 0 fully saturated rings. The SMILES string of the molecule is Cc1ccccc1OCCCC(=O)Nc1ccc(CNCc2cn[nH]c2C)cc1. The second-order valence-electron chi connectivity index (χ2n) is 7.09. The number of anilines is 1. The van der Waals surface area contributed by atoms with Gasteiger partial charge in [0.2, 0.25) is 5.91 Å². The summed E-state index contributed by atoms with van der Waals surface area (Å²) in [5, 5.41) is 13.3. The molecule has 0 atom stereocenters. The first-order valence-corrected chi connectivity index (χ1v) is 9.88. The third kappa shape index (κ3) is 6.47. The molecule has 6 nitrogen and oxygen atoms in total. The number of amides is 1. The molecule has 6 heteroatoms. The van der Waals surface area contributed by atoms with Crippen molar-refractivity contribution < 1.29 is 9.53 Å². The van der Waals surface area contributed by atoms with E-state index in [0.717, 1.165) is 41.3 Å². The van der Waals surface area contributed by atoms with E-state index in [0.29, 0.717) is 19.4 Å². The molecule has 0 radical (unpaired) electrons. The zero-order valence-corrected chi connectivity index (χ0v) is 17.0. The third-order valence-electron chi connectivity index (χ3n) is 4.72. The highest BCUT2D eigenvalue weighted by molar-refractivity contribution is 5.90. The first-order chi connectivity index (χ1) is 14.1. The number of benzene rings is 2. The van der Waals surface area contributed by atoms with Crippen LogP contribution in [0.2, 0.25) is 0 Å². The fourth-order valence-corrected chi connectivity index (χ4v) is 2.96. The number of hydrogen-bond acceptors (Lipinski definition) is 4. The van der Waals surface area contributed by atoms with E-state index in [2.05, 4.69) is 20.8 Å². The van der Waals surface area contributed by atoms with Crippen molar-refractivity contribution in [3.63, 3.8) is 0 Å². The van der Waals surface area contributed by atoms with Crippen LogP contribution in [-0.2, 0) is 17.9 Å². The number of aromatic amines is 1. The lowest BCUT2D eigenvalue weighted by Crippen LogP contribution is -2.14. The number of ether oxygens (including phenoxy) is 1. The number of carbonyl (C=O) groups is 1. The Bertz CT molecular complexity index is 919. The fraction of sp³-hybridized carbons (Fsp3) is 0.304. The van der Waals surface area contributed by atoms with E-state index in [-0.39, 0.29) is 5.91 Å². The number of para-hydroxylation sites is 1. The van der Waals surface area contributed by atoms with Gasteiger partial charge in [-0.15, -0.1) is 0 Å². The molecule has 29 heavy (non-hydrogen) atoms. The molecule has 3 rings (SSSR count).